The van der Waals surface area contributed by atoms with Crippen molar-refractivity contribution in [2.24, 2.45) is 21.7 Å². The van der Waals surface area contributed by atoms with Crippen LogP contribution in [0.3, 0.4) is 0 Å². The Hall–Kier alpha value is -6.74. The molecular formula is C63H105F4N15O12. The number of fused-ring (bicyclic) bond motifs is 2. The SMILES string of the molecule is C.C.C.C.CC1(CO)OC(C)(n2ccc(N)nc2=O)C(C)(C)C1(C)F.CC1(CO)OC(C)(n2cnc3c(=O)[nH]c(N)nc32)C(C)(C)C1(C)F.CC1(CO)OC(C)(n2cnc3c(N)ncnc32)C(C)(C)C1(C)F.Cc1cn(C2(C)OC(C)(CO)C(C)(F)C2(C)C)c(=O)[nH]c1=O. The fourth-order valence-corrected chi connectivity index (χ4v) is 13.2. The van der Waals surface area contributed by atoms with Crippen molar-refractivity contribution in [3.05, 3.63) is 84.7 Å². The fraction of sp³-hybridized carbons (Fsp3) is 0.714. The third-order valence-electron chi connectivity index (χ3n) is 22.8. The summed E-state index contributed by atoms with van der Waals surface area (Å²) in [5.74, 6) is 0.270. The number of alkyl halides is 4. The topological polar surface area (TPSA) is 393 Å². The maximum absolute atomic E-state index is 15.7. The van der Waals surface area contributed by atoms with E-state index in [4.69, 9.17) is 36.1 Å². The number of hydrogen-bond acceptors (Lipinski definition) is 21. The monoisotopic (exact) mass is 1340 g/mol. The van der Waals surface area contributed by atoms with Gasteiger partial charge in [-0.1, -0.05) is 85.1 Å². The van der Waals surface area contributed by atoms with Crippen LogP contribution in [0, 0.1) is 28.6 Å². The van der Waals surface area contributed by atoms with E-state index in [0.29, 0.717) is 16.7 Å². The van der Waals surface area contributed by atoms with Crippen LogP contribution < -0.4 is 39.7 Å². The van der Waals surface area contributed by atoms with Crippen molar-refractivity contribution in [3.63, 3.8) is 0 Å². The molecule has 10 rings (SSSR count). The maximum atomic E-state index is 15.7. The molecule has 4 fully saturated rings. The summed E-state index contributed by atoms with van der Waals surface area (Å²) in [5.41, 5.74) is -6.34. The number of hydrogen-bond donors (Lipinski definition) is 9. The summed E-state index contributed by atoms with van der Waals surface area (Å²) in [6.07, 6.45) is 7.04. The minimum Gasteiger partial charge on any atom is -0.393 e. The fourth-order valence-electron chi connectivity index (χ4n) is 13.2. The van der Waals surface area contributed by atoms with Gasteiger partial charge in [0.15, 0.2) is 45.5 Å². The maximum Gasteiger partial charge on any atom is 0.351 e. The molecule has 0 saturated carbocycles. The van der Waals surface area contributed by atoms with Gasteiger partial charge in [-0.3, -0.25) is 37.8 Å². The molecule has 4 saturated heterocycles. The number of aliphatic hydroxyl groups excluding tert-OH is 4. The molecule has 0 radical (unpaired) electrons. The van der Waals surface area contributed by atoms with Gasteiger partial charge in [0.25, 0.3) is 11.1 Å². The van der Waals surface area contributed by atoms with E-state index in [1.807, 2.05) is 0 Å². The van der Waals surface area contributed by atoms with Gasteiger partial charge in [0.1, 0.15) is 62.7 Å². The molecule has 12 unspecified atom stereocenters. The Kier molecular flexibility index (Phi) is 21.4. The van der Waals surface area contributed by atoms with Gasteiger partial charge in [-0.05, 0) is 96.1 Å². The van der Waals surface area contributed by atoms with Crippen molar-refractivity contribution in [2.45, 2.75) is 243 Å². The van der Waals surface area contributed by atoms with Crippen LogP contribution in [-0.4, -0.2) is 150 Å². The first kappa shape index (κ1) is 81.5. The minimum atomic E-state index is -1.91. The Labute approximate surface area is 546 Å². The number of nitrogen functional groups attached to an aromatic ring is 3. The van der Waals surface area contributed by atoms with E-state index in [1.165, 1.54) is 99.6 Å². The Morgan fingerprint density at radius 1 is 0.468 bits per heavy atom. The van der Waals surface area contributed by atoms with Crippen LogP contribution in [0.15, 0.2) is 56.6 Å². The van der Waals surface area contributed by atoms with E-state index in [-0.39, 0.29) is 58.5 Å². The number of aromatic amines is 2. The number of ether oxygens (including phenoxy) is 4. The number of aromatic nitrogens is 12. The predicted octanol–water partition coefficient (Wildman–Crippen LogP) is 7.16. The van der Waals surface area contributed by atoms with Crippen molar-refractivity contribution < 1.29 is 56.9 Å². The normalized spacial score (nSPS) is 35.5. The number of anilines is 3. The van der Waals surface area contributed by atoms with Gasteiger partial charge in [0, 0.05) is 39.6 Å². The summed E-state index contributed by atoms with van der Waals surface area (Å²) in [5, 5.41) is 38.7. The first-order valence-corrected chi connectivity index (χ1v) is 29.1. The lowest BCUT2D eigenvalue weighted by atomic mass is 9.67. The number of imidazole rings is 2. The Balaban J connectivity index is 0.000000323. The summed E-state index contributed by atoms with van der Waals surface area (Å²) in [6.45, 7) is 31.5. The predicted molar refractivity (Wildman–Crippen MR) is 352 cm³/mol. The molecule has 94 heavy (non-hydrogen) atoms. The van der Waals surface area contributed by atoms with Gasteiger partial charge in [-0.25, -0.2) is 47.1 Å². The van der Waals surface area contributed by atoms with Gasteiger partial charge < -0.3 is 56.6 Å². The summed E-state index contributed by atoms with van der Waals surface area (Å²) in [6, 6.07) is 1.45. The zero-order valence-electron chi connectivity index (χ0n) is 55.1. The van der Waals surface area contributed by atoms with Gasteiger partial charge in [-0.2, -0.15) is 9.97 Å². The smallest absolute Gasteiger partial charge is 0.351 e. The second-order valence-corrected chi connectivity index (χ2v) is 28.1. The third kappa shape index (κ3) is 10.7. The van der Waals surface area contributed by atoms with Crippen LogP contribution >= 0.6 is 0 Å². The third-order valence-corrected chi connectivity index (χ3v) is 22.8. The molecule has 12 N–H and O–H groups in total. The lowest BCUT2D eigenvalue weighted by Crippen LogP contribution is -2.55. The first-order valence-electron chi connectivity index (χ1n) is 29.1. The van der Waals surface area contributed by atoms with Crippen molar-refractivity contribution in [2.75, 3.05) is 43.6 Å². The Morgan fingerprint density at radius 3 is 1.18 bits per heavy atom. The molecule has 532 valence electrons. The summed E-state index contributed by atoms with van der Waals surface area (Å²) in [7, 11) is 0. The molecule has 6 aromatic rings. The molecular weight excluding hydrogens is 1230 g/mol. The standard InChI is InChI=1S/C15H22FN5O3.C15H22FN5O2.C15H23FN2O4.C14H22FN3O3.4CH4/c1-12(2)14(4,16)13(3,6-22)24-15(12,5)21-7-18-8-9(21)19-11(17)20-10(8)23;1-12(2)14(4,16)13(3,6-22)23-15(12,5)21-8-20-9-10(17)18-7-19-11(9)21;1-9-7-18(11(21)17-10(9)20)15(6)12(2,3)14(5,16)13(4,8-19)22-15;1-11(2)13(4,15)12(3,8-19)21-14(11,5)18-7-6-9(16)17-10(18)20;;;;/h7,22H,6H2,1-5H3,(H3,17,19,20,23);7-8,22H,6H2,1-5H3,(H2,17,18,19);7,19H,8H2,1-6H3,(H,17,20,21);6-7,19H,8H2,1-5H3,(H2,16,17,20);4*1H4. The molecule has 27 nitrogen and oxygen atoms in total. The Bertz CT molecular complexity index is 4010. The van der Waals surface area contributed by atoms with Crippen molar-refractivity contribution >= 4 is 39.9 Å². The number of rotatable bonds is 8. The van der Waals surface area contributed by atoms with E-state index >= 15 is 17.6 Å². The molecule has 4 aliphatic rings. The lowest BCUT2D eigenvalue weighted by molar-refractivity contribution is -0.177. The minimum absolute atomic E-state index is 0. The van der Waals surface area contributed by atoms with Crippen molar-refractivity contribution in [1.29, 1.82) is 0 Å². The average molecular weight is 1340 g/mol. The molecule has 4 aliphatic heterocycles. The van der Waals surface area contributed by atoms with Crippen LogP contribution in [0.5, 0.6) is 0 Å². The molecule has 0 aliphatic carbocycles. The van der Waals surface area contributed by atoms with Gasteiger partial charge in [0.2, 0.25) is 5.95 Å². The second-order valence-electron chi connectivity index (χ2n) is 28.1. The van der Waals surface area contributed by atoms with Gasteiger partial charge in [0.05, 0.1) is 39.1 Å². The number of aliphatic hydroxyl groups is 4. The molecule has 0 amide bonds. The Morgan fingerprint density at radius 2 is 0.819 bits per heavy atom. The lowest BCUT2D eigenvalue weighted by Gasteiger charge is -2.42. The van der Waals surface area contributed by atoms with Crippen LogP contribution in [0.1, 0.15) is 174 Å². The van der Waals surface area contributed by atoms with Crippen LogP contribution in [-0.2, 0) is 41.8 Å². The largest absolute Gasteiger partial charge is 0.393 e. The number of nitrogens with zero attached hydrogens (tertiary/aromatic N) is 10. The highest BCUT2D eigenvalue weighted by Crippen LogP contribution is 2.65. The van der Waals surface area contributed by atoms with Gasteiger partial charge in [-0.15, -0.1) is 0 Å². The van der Waals surface area contributed by atoms with Crippen molar-refractivity contribution in [1.82, 2.24) is 58.1 Å². The number of nitrogens with two attached hydrogens (primary N) is 3. The van der Waals surface area contributed by atoms with Crippen LogP contribution in [0.25, 0.3) is 22.3 Å². The van der Waals surface area contributed by atoms with Gasteiger partial charge >= 0.3 is 11.4 Å². The number of H-pyrrole nitrogens is 2. The summed E-state index contributed by atoms with van der Waals surface area (Å²) < 4.78 is 91.6. The van der Waals surface area contributed by atoms with E-state index in [0.717, 1.165) is 0 Å². The molecule has 0 aromatic carbocycles. The second kappa shape index (κ2) is 24.7. The van der Waals surface area contributed by atoms with E-state index in [1.54, 1.807) is 101 Å². The average Bonchev–Trinajstić information content (AvgIpc) is 1.55. The van der Waals surface area contributed by atoms with Crippen LogP contribution in [0.2, 0.25) is 0 Å². The summed E-state index contributed by atoms with van der Waals surface area (Å²) >= 11 is 0. The molecule has 10 heterocycles. The van der Waals surface area contributed by atoms with E-state index < -0.39 is 139 Å². The number of halogens is 4. The molecule has 0 bridgehead atoms. The van der Waals surface area contributed by atoms with E-state index in [9.17, 15) is 39.6 Å². The van der Waals surface area contributed by atoms with Crippen molar-refractivity contribution in [3.8, 4) is 0 Å². The quantitative estimate of drug-likeness (QED) is 0.0682. The highest BCUT2D eigenvalue weighted by atomic mass is 19.2. The van der Waals surface area contributed by atoms with E-state index in [2.05, 4.69) is 39.9 Å². The number of nitrogens with one attached hydrogen (secondary N) is 2. The number of aryl methyl sites for hydroxylation is 1. The molecule has 31 heteroatoms. The zero-order chi connectivity index (χ0) is 68.8. The highest BCUT2D eigenvalue weighted by Gasteiger charge is 2.76. The molecule has 6 aromatic heterocycles. The molecule has 12 atom stereocenters. The zero-order valence-corrected chi connectivity index (χ0v) is 55.1. The molecule has 0 spiro atoms. The summed E-state index contributed by atoms with van der Waals surface area (Å²) in [4.78, 5) is 76.8. The first-order chi connectivity index (χ1) is 40.7. The highest BCUT2D eigenvalue weighted by molar-refractivity contribution is 5.81. The van der Waals surface area contributed by atoms with Crippen LogP contribution in [0.4, 0.5) is 35.1 Å².